The second-order valence-electron chi connectivity index (χ2n) is 6.40. The van der Waals surface area contributed by atoms with Gasteiger partial charge in [-0.3, -0.25) is 9.59 Å². The van der Waals surface area contributed by atoms with Crippen molar-refractivity contribution in [2.75, 3.05) is 13.7 Å². The standard InChI is InChI=1S/C14H26N2O3/c1-13(2,12(18)19-4)9-16-11(17)10-7-5-6-8-14(10,3)15/h10H,5-9,15H2,1-4H3,(H,16,17). The molecule has 0 spiro atoms. The molecule has 1 aliphatic rings. The Labute approximate surface area is 115 Å². The highest BCUT2D eigenvalue weighted by Gasteiger charge is 2.38. The highest BCUT2D eigenvalue weighted by molar-refractivity contribution is 5.82. The maximum Gasteiger partial charge on any atom is 0.313 e. The minimum atomic E-state index is -0.718. The number of carbonyl (C=O) groups is 2. The quantitative estimate of drug-likeness (QED) is 0.752. The average molecular weight is 270 g/mol. The minimum Gasteiger partial charge on any atom is -0.469 e. The Hall–Kier alpha value is -1.10. The number of nitrogens with two attached hydrogens (primary N) is 1. The fourth-order valence-electron chi connectivity index (χ4n) is 2.57. The number of rotatable bonds is 4. The minimum absolute atomic E-state index is 0.0540. The number of amides is 1. The molecule has 0 aliphatic heterocycles. The molecule has 0 radical (unpaired) electrons. The monoisotopic (exact) mass is 270 g/mol. The molecule has 110 valence electrons. The first-order valence-corrected chi connectivity index (χ1v) is 6.86. The van der Waals surface area contributed by atoms with Crippen molar-refractivity contribution in [1.29, 1.82) is 0 Å². The van der Waals surface area contributed by atoms with Crippen molar-refractivity contribution in [3.05, 3.63) is 0 Å². The van der Waals surface area contributed by atoms with Crippen molar-refractivity contribution < 1.29 is 14.3 Å². The van der Waals surface area contributed by atoms with Crippen LogP contribution in [0.1, 0.15) is 46.5 Å². The van der Waals surface area contributed by atoms with Crippen LogP contribution in [-0.2, 0) is 14.3 Å². The van der Waals surface area contributed by atoms with E-state index in [4.69, 9.17) is 10.5 Å². The predicted octanol–water partition coefficient (Wildman–Crippen LogP) is 1.21. The second-order valence-corrected chi connectivity index (χ2v) is 6.40. The van der Waals surface area contributed by atoms with Crippen LogP contribution >= 0.6 is 0 Å². The topological polar surface area (TPSA) is 81.4 Å². The van der Waals surface area contributed by atoms with E-state index in [0.29, 0.717) is 0 Å². The highest BCUT2D eigenvalue weighted by Crippen LogP contribution is 2.31. The van der Waals surface area contributed by atoms with Crippen molar-refractivity contribution in [1.82, 2.24) is 5.32 Å². The van der Waals surface area contributed by atoms with Gasteiger partial charge in [-0.25, -0.2) is 0 Å². The third-order valence-electron chi connectivity index (χ3n) is 4.01. The van der Waals surface area contributed by atoms with Crippen LogP contribution in [0.4, 0.5) is 0 Å². The van der Waals surface area contributed by atoms with Crippen LogP contribution in [0.2, 0.25) is 0 Å². The van der Waals surface area contributed by atoms with Crippen molar-refractivity contribution in [2.24, 2.45) is 17.1 Å². The van der Waals surface area contributed by atoms with E-state index < -0.39 is 11.0 Å². The number of methoxy groups -OCH3 is 1. The molecule has 1 saturated carbocycles. The maximum atomic E-state index is 12.2. The van der Waals surface area contributed by atoms with E-state index in [1.807, 2.05) is 6.92 Å². The molecule has 5 heteroatoms. The van der Waals surface area contributed by atoms with Crippen molar-refractivity contribution in [3.8, 4) is 0 Å². The third-order valence-corrected chi connectivity index (χ3v) is 4.01. The summed E-state index contributed by atoms with van der Waals surface area (Å²) in [4.78, 5) is 23.8. The average Bonchev–Trinajstić information content (AvgIpc) is 2.34. The van der Waals surface area contributed by atoms with Crippen molar-refractivity contribution in [3.63, 3.8) is 0 Å². The lowest BCUT2D eigenvalue weighted by Crippen LogP contribution is -2.54. The van der Waals surface area contributed by atoms with Crippen molar-refractivity contribution >= 4 is 11.9 Å². The van der Waals surface area contributed by atoms with E-state index >= 15 is 0 Å². The van der Waals surface area contributed by atoms with Gasteiger partial charge in [0.2, 0.25) is 5.91 Å². The second kappa shape index (κ2) is 5.90. The Morgan fingerprint density at radius 2 is 2.05 bits per heavy atom. The largest absolute Gasteiger partial charge is 0.469 e. The maximum absolute atomic E-state index is 12.2. The summed E-state index contributed by atoms with van der Waals surface area (Å²) in [7, 11) is 1.35. The van der Waals surface area contributed by atoms with Gasteiger partial charge < -0.3 is 15.8 Å². The van der Waals surface area contributed by atoms with Crippen LogP contribution in [0.5, 0.6) is 0 Å². The summed E-state index contributed by atoms with van der Waals surface area (Å²) in [6, 6.07) is 0. The molecule has 0 bridgehead atoms. The lowest BCUT2D eigenvalue weighted by Gasteiger charge is -2.37. The summed E-state index contributed by atoms with van der Waals surface area (Å²) >= 11 is 0. The zero-order valence-corrected chi connectivity index (χ0v) is 12.4. The van der Waals surface area contributed by atoms with E-state index in [9.17, 15) is 9.59 Å². The molecule has 0 aromatic heterocycles. The van der Waals surface area contributed by atoms with Gasteiger partial charge in [0.15, 0.2) is 0 Å². The van der Waals surface area contributed by atoms with Gasteiger partial charge in [0.25, 0.3) is 0 Å². The molecule has 0 aromatic rings. The Bertz CT molecular complexity index is 351. The molecule has 5 nitrogen and oxygen atoms in total. The van der Waals surface area contributed by atoms with E-state index in [1.54, 1.807) is 13.8 Å². The first kappa shape index (κ1) is 16.0. The van der Waals surface area contributed by atoms with Crippen LogP contribution in [0.3, 0.4) is 0 Å². The number of hydrogen-bond donors (Lipinski definition) is 2. The number of nitrogens with one attached hydrogen (secondary N) is 1. The molecule has 1 fully saturated rings. The molecule has 0 heterocycles. The highest BCUT2D eigenvalue weighted by atomic mass is 16.5. The van der Waals surface area contributed by atoms with Gasteiger partial charge in [-0.15, -0.1) is 0 Å². The van der Waals surface area contributed by atoms with Gasteiger partial charge in [-0.2, -0.15) is 0 Å². The third kappa shape index (κ3) is 3.93. The number of ether oxygens (including phenoxy) is 1. The van der Waals surface area contributed by atoms with Crippen LogP contribution in [0, 0.1) is 11.3 Å². The van der Waals surface area contributed by atoms with Gasteiger partial charge in [-0.05, 0) is 33.6 Å². The molecule has 1 aliphatic carbocycles. The first-order valence-electron chi connectivity index (χ1n) is 6.86. The van der Waals surface area contributed by atoms with E-state index in [-0.39, 0.29) is 24.3 Å². The fraction of sp³-hybridized carbons (Fsp3) is 0.857. The van der Waals surface area contributed by atoms with Gasteiger partial charge in [-0.1, -0.05) is 12.8 Å². The SMILES string of the molecule is COC(=O)C(C)(C)CNC(=O)C1CCCCC1(C)N. The van der Waals surface area contributed by atoms with E-state index in [2.05, 4.69) is 5.32 Å². The lowest BCUT2D eigenvalue weighted by atomic mass is 9.74. The molecule has 2 atom stereocenters. The lowest BCUT2D eigenvalue weighted by molar-refractivity contribution is -0.150. The van der Waals surface area contributed by atoms with Gasteiger partial charge in [0, 0.05) is 12.1 Å². The predicted molar refractivity (Wildman–Crippen MR) is 73.4 cm³/mol. The number of esters is 1. The Balaban J connectivity index is 2.58. The normalized spacial score (nSPS) is 27.7. The summed E-state index contributed by atoms with van der Waals surface area (Å²) in [6.07, 6.45) is 3.79. The molecular formula is C14H26N2O3. The van der Waals surface area contributed by atoms with Gasteiger partial charge in [0.1, 0.15) is 0 Å². The molecule has 0 aromatic carbocycles. The Kier molecular flexibility index (Phi) is 4.96. The molecule has 0 saturated heterocycles. The smallest absolute Gasteiger partial charge is 0.313 e. The summed E-state index contributed by atoms with van der Waals surface area (Å²) in [6.45, 7) is 5.70. The Morgan fingerprint density at radius 3 is 2.58 bits per heavy atom. The van der Waals surface area contributed by atoms with E-state index in [0.717, 1.165) is 25.7 Å². The first-order chi connectivity index (χ1) is 8.70. The zero-order chi connectivity index (χ0) is 14.7. The summed E-state index contributed by atoms with van der Waals surface area (Å²) in [5.74, 6) is -0.552. The number of carbonyl (C=O) groups excluding carboxylic acids is 2. The zero-order valence-electron chi connectivity index (χ0n) is 12.4. The van der Waals surface area contributed by atoms with Crippen LogP contribution in [0.15, 0.2) is 0 Å². The molecule has 1 rings (SSSR count). The fourth-order valence-corrected chi connectivity index (χ4v) is 2.57. The summed E-state index contributed by atoms with van der Waals surface area (Å²) in [5, 5.41) is 2.84. The van der Waals surface area contributed by atoms with Crippen LogP contribution in [0.25, 0.3) is 0 Å². The number of hydrogen-bond acceptors (Lipinski definition) is 4. The Morgan fingerprint density at radius 1 is 1.42 bits per heavy atom. The van der Waals surface area contributed by atoms with Gasteiger partial charge in [0.05, 0.1) is 18.4 Å². The van der Waals surface area contributed by atoms with E-state index in [1.165, 1.54) is 7.11 Å². The van der Waals surface area contributed by atoms with Crippen molar-refractivity contribution in [2.45, 2.75) is 52.0 Å². The molecule has 3 N–H and O–H groups in total. The van der Waals surface area contributed by atoms with Crippen LogP contribution in [-0.4, -0.2) is 31.1 Å². The molecule has 2 unspecified atom stereocenters. The molecular weight excluding hydrogens is 244 g/mol. The summed E-state index contributed by atoms with van der Waals surface area (Å²) < 4.78 is 4.72. The molecule has 1 amide bonds. The van der Waals surface area contributed by atoms with Gasteiger partial charge >= 0.3 is 5.97 Å². The molecule has 19 heavy (non-hydrogen) atoms. The summed E-state index contributed by atoms with van der Waals surface area (Å²) in [5.41, 5.74) is 5.03. The van der Waals surface area contributed by atoms with Crippen LogP contribution < -0.4 is 11.1 Å².